The number of nitrogens with one attached hydrogen (secondary N) is 2. The minimum Gasteiger partial charge on any atom is -0.453 e. The van der Waals surface area contributed by atoms with Gasteiger partial charge in [0.15, 0.2) is 0 Å². The molecule has 1 aromatic heterocycles. The Hall–Kier alpha value is -3.13. The first-order chi connectivity index (χ1) is 13.6. The molecule has 0 spiro atoms. The zero-order chi connectivity index (χ0) is 19.8. The van der Waals surface area contributed by atoms with Crippen LogP contribution < -0.4 is 10.6 Å². The second-order valence-electron chi connectivity index (χ2n) is 6.50. The van der Waals surface area contributed by atoms with Crippen molar-refractivity contribution >= 4 is 23.5 Å². The Labute approximate surface area is 163 Å². The molecule has 0 aliphatic carbocycles. The molecule has 1 atom stereocenters. The summed E-state index contributed by atoms with van der Waals surface area (Å²) < 4.78 is 10.3. The third kappa shape index (κ3) is 5.68. The molecule has 8 nitrogen and oxygen atoms in total. The van der Waals surface area contributed by atoms with E-state index in [-0.39, 0.29) is 12.1 Å². The number of hydrogen-bond acceptors (Lipinski definition) is 5. The van der Waals surface area contributed by atoms with Crippen LogP contribution in [-0.4, -0.2) is 48.4 Å². The third-order valence-electron chi connectivity index (χ3n) is 4.38. The summed E-state index contributed by atoms with van der Waals surface area (Å²) in [5, 5.41) is 5.47. The van der Waals surface area contributed by atoms with Gasteiger partial charge in [0.25, 0.3) is 0 Å². The van der Waals surface area contributed by atoms with Gasteiger partial charge in [-0.25, -0.2) is 9.59 Å². The van der Waals surface area contributed by atoms with Crippen molar-refractivity contribution in [2.24, 2.45) is 0 Å². The van der Waals surface area contributed by atoms with E-state index >= 15 is 0 Å². The Morgan fingerprint density at radius 3 is 2.75 bits per heavy atom. The number of methoxy groups -OCH3 is 1. The largest absolute Gasteiger partial charge is 0.453 e. The van der Waals surface area contributed by atoms with E-state index in [4.69, 9.17) is 4.74 Å². The fourth-order valence-corrected chi connectivity index (χ4v) is 3.01. The monoisotopic (exact) mass is 384 g/mol. The Balaban J connectivity index is 1.69. The van der Waals surface area contributed by atoms with E-state index in [0.717, 1.165) is 25.0 Å². The van der Waals surface area contributed by atoms with E-state index in [1.54, 1.807) is 41.6 Å². The van der Waals surface area contributed by atoms with Gasteiger partial charge in [0.2, 0.25) is 0 Å². The normalized spacial score (nSPS) is 15.7. The quantitative estimate of drug-likeness (QED) is 0.795. The van der Waals surface area contributed by atoms with Crippen molar-refractivity contribution in [3.63, 3.8) is 0 Å². The van der Waals surface area contributed by atoms with Gasteiger partial charge in [-0.3, -0.25) is 10.3 Å². The van der Waals surface area contributed by atoms with Gasteiger partial charge in [-0.15, -0.1) is 0 Å². The number of rotatable bonds is 6. The highest BCUT2D eigenvalue weighted by Crippen LogP contribution is 2.18. The number of carbonyl (C=O) groups excluding carboxylic acids is 2. The molecule has 1 fully saturated rings. The van der Waals surface area contributed by atoms with Crippen molar-refractivity contribution in [3.8, 4) is 0 Å². The maximum atomic E-state index is 12.9. The van der Waals surface area contributed by atoms with Gasteiger partial charge in [0.1, 0.15) is 0 Å². The number of pyridine rings is 1. The fraction of sp³-hybridized carbons (Fsp3) is 0.350. The molecule has 1 saturated heterocycles. The minimum absolute atomic E-state index is 0.0368. The van der Waals surface area contributed by atoms with Gasteiger partial charge >= 0.3 is 12.1 Å². The maximum absolute atomic E-state index is 12.9. The van der Waals surface area contributed by atoms with Crippen LogP contribution in [0.25, 0.3) is 0 Å². The van der Waals surface area contributed by atoms with E-state index in [1.807, 2.05) is 12.1 Å². The van der Waals surface area contributed by atoms with Crippen LogP contribution >= 0.6 is 0 Å². The number of hydrogen-bond donors (Lipinski definition) is 2. The van der Waals surface area contributed by atoms with Gasteiger partial charge in [-0.05, 0) is 42.7 Å². The maximum Gasteiger partial charge on any atom is 0.411 e. The second kappa shape index (κ2) is 9.70. The number of amides is 3. The summed E-state index contributed by atoms with van der Waals surface area (Å²) in [6.45, 7) is 1.66. The zero-order valence-corrected chi connectivity index (χ0v) is 15.8. The van der Waals surface area contributed by atoms with Crippen LogP contribution in [-0.2, 0) is 16.0 Å². The van der Waals surface area contributed by atoms with Gasteiger partial charge in [0.05, 0.1) is 13.2 Å². The van der Waals surface area contributed by atoms with Crippen LogP contribution in [0, 0.1) is 0 Å². The van der Waals surface area contributed by atoms with Crippen molar-refractivity contribution in [1.29, 1.82) is 0 Å². The second-order valence-corrected chi connectivity index (χ2v) is 6.50. The first-order valence-electron chi connectivity index (χ1n) is 9.15. The van der Waals surface area contributed by atoms with E-state index in [9.17, 15) is 9.59 Å². The topological polar surface area (TPSA) is 92.8 Å². The van der Waals surface area contributed by atoms with E-state index in [1.165, 1.54) is 7.11 Å². The number of anilines is 2. The molecule has 1 aliphatic heterocycles. The van der Waals surface area contributed by atoms with Crippen LogP contribution in [0.5, 0.6) is 0 Å². The first-order valence-corrected chi connectivity index (χ1v) is 9.15. The lowest BCUT2D eigenvalue weighted by molar-refractivity contribution is 0.0819. The van der Waals surface area contributed by atoms with Crippen LogP contribution in [0.15, 0.2) is 48.8 Å². The lowest BCUT2D eigenvalue weighted by Gasteiger charge is -2.26. The highest BCUT2D eigenvalue weighted by Gasteiger charge is 2.23. The Morgan fingerprint density at radius 2 is 2.07 bits per heavy atom. The number of ether oxygens (including phenoxy) is 2. The van der Waals surface area contributed by atoms with Crippen molar-refractivity contribution in [2.75, 3.05) is 30.9 Å². The molecule has 2 aromatic rings. The van der Waals surface area contributed by atoms with Crippen LogP contribution in [0.1, 0.15) is 18.4 Å². The van der Waals surface area contributed by atoms with Crippen molar-refractivity contribution < 1.29 is 19.1 Å². The van der Waals surface area contributed by atoms with E-state index in [2.05, 4.69) is 20.4 Å². The van der Waals surface area contributed by atoms with Crippen LogP contribution in [0.4, 0.5) is 21.0 Å². The number of aromatic nitrogens is 1. The van der Waals surface area contributed by atoms with Gasteiger partial charge in [-0.2, -0.15) is 0 Å². The molecule has 0 unspecified atom stereocenters. The predicted molar refractivity (Wildman–Crippen MR) is 105 cm³/mol. The zero-order valence-electron chi connectivity index (χ0n) is 15.8. The molecule has 0 bridgehead atoms. The van der Waals surface area contributed by atoms with Crippen LogP contribution in [0.2, 0.25) is 0 Å². The fourth-order valence-electron chi connectivity index (χ4n) is 3.01. The molecule has 0 radical (unpaired) electrons. The molecule has 28 heavy (non-hydrogen) atoms. The summed E-state index contributed by atoms with van der Waals surface area (Å²) in [5.74, 6) is 0. The van der Waals surface area contributed by atoms with E-state index in [0.29, 0.717) is 24.5 Å². The summed E-state index contributed by atoms with van der Waals surface area (Å²) >= 11 is 0. The third-order valence-corrected chi connectivity index (χ3v) is 4.38. The lowest BCUT2D eigenvalue weighted by atomic mass is 10.2. The molecule has 2 N–H and O–H groups in total. The Kier molecular flexibility index (Phi) is 6.80. The summed E-state index contributed by atoms with van der Waals surface area (Å²) in [5.41, 5.74) is 2.04. The molecule has 1 aromatic carbocycles. The number of carbonyl (C=O) groups is 2. The minimum atomic E-state index is -0.569. The molecule has 3 rings (SSSR count). The van der Waals surface area contributed by atoms with Crippen molar-refractivity contribution in [1.82, 2.24) is 9.88 Å². The smallest absolute Gasteiger partial charge is 0.411 e. The molecule has 8 heteroatoms. The SMILES string of the molecule is COC(=O)Nc1cccc(NC(=O)N(Cc2cccnc2)C[C@@H]2CCCO2)c1. The van der Waals surface area contributed by atoms with Crippen molar-refractivity contribution in [3.05, 3.63) is 54.4 Å². The summed E-state index contributed by atoms with van der Waals surface area (Å²) in [6, 6.07) is 10.4. The van der Waals surface area contributed by atoms with Gasteiger partial charge < -0.3 is 19.7 Å². The summed E-state index contributed by atoms with van der Waals surface area (Å²) in [4.78, 5) is 30.1. The molecule has 3 amide bonds. The highest BCUT2D eigenvalue weighted by atomic mass is 16.5. The first kappa shape index (κ1) is 19.6. The number of nitrogens with zero attached hydrogens (tertiary/aromatic N) is 2. The molecule has 1 aliphatic rings. The molecule has 2 heterocycles. The molecular weight excluding hydrogens is 360 g/mol. The average Bonchev–Trinajstić information content (AvgIpc) is 3.21. The molecule has 148 valence electrons. The van der Waals surface area contributed by atoms with Gasteiger partial charge in [0, 0.05) is 43.5 Å². The summed E-state index contributed by atoms with van der Waals surface area (Å²) in [6.07, 6.45) is 4.86. The molecule has 0 saturated carbocycles. The Bertz CT molecular complexity index is 794. The van der Waals surface area contributed by atoms with Gasteiger partial charge in [-0.1, -0.05) is 12.1 Å². The molecular formula is C20H24N4O4. The number of benzene rings is 1. The number of urea groups is 1. The predicted octanol–water partition coefficient (Wildman–Crippen LogP) is 3.47. The standard InChI is InChI=1S/C20H24N4O4/c1-27-20(26)23-17-7-2-6-16(11-17)22-19(25)24(14-18-8-4-10-28-18)13-15-5-3-9-21-12-15/h2-3,5-7,9,11-12,18H,4,8,10,13-14H2,1H3,(H,22,25)(H,23,26)/t18-/m0/s1. The average molecular weight is 384 g/mol. The highest BCUT2D eigenvalue weighted by molar-refractivity contribution is 5.91. The van der Waals surface area contributed by atoms with E-state index < -0.39 is 6.09 Å². The van der Waals surface area contributed by atoms with Crippen molar-refractivity contribution in [2.45, 2.75) is 25.5 Å². The Morgan fingerprint density at radius 1 is 1.25 bits per heavy atom. The lowest BCUT2D eigenvalue weighted by Crippen LogP contribution is -2.39. The van der Waals surface area contributed by atoms with Crippen LogP contribution in [0.3, 0.4) is 0 Å². The summed E-state index contributed by atoms with van der Waals surface area (Å²) in [7, 11) is 1.29.